The van der Waals surface area contributed by atoms with E-state index < -0.39 is 4.92 Å². The van der Waals surface area contributed by atoms with Crippen molar-refractivity contribution in [1.82, 2.24) is 15.5 Å². The molecule has 0 saturated heterocycles. The van der Waals surface area contributed by atoms with Gasteiger partial charge in [-0.05, 0) is 40.7 Å². The van der Waals surface area contributed by atoms with E-state index in [1.54, 1.807) is 12.1 Å². The summed E-state index contributed by atoms with van der Waals surface area (Å²) < 4.78 is 0. The average molecular weight is 491 g/mol. The Morgan fingerprint density at radius 3 is 2.47 bits per heavy atom. The molecule has 3 aromatic carbocycles. The molecular weight excluding hydrogens is 456 g/mol. The zero-order chi connectivity index (χ0) is 25.9. The van der Waals surface area contributed by atoms with Crippen molar-refractivity contribution in [2.24, 2.45) is 5.92 Å². The third-order valence-corrected chi connectivity index (χ3v) is 6.02. The molecule has 1 unspecified atom stereocenters. The molecule has 8 heteroatoms. The van der Waals surface area contributed by atoms with Crippen LogP contribution in [0, 0.1) is 16.0 Å². The van der Waals surface area contributed by atoms with Crippen LogP contribution in [0.25, 0.3) is 10.8 Å². The molecule has 0 heterocycles. The number of non-ortho nitro benzene ring substituents is 1. The van der Waals surface area contributed by atoms with E-state index in [2.05, 4.69) is 53.6 Å². The van der Waals surface area contributed by atoms with E-state index in [4.69, 9.17) is 0 Å². The molecule has 1 atom stereocenters. The largest absolute Gasteiger partial charge is 0.338 e. The van der Waals surface area contributed by atoms with E-state index in [1.807, 2.05) is 18.2 Å². The van der Waals surface area contributed by atoms with Crippen LogP contribution in [0.1, 0.15) is 31.4 Å². The topological polar surface area (TPSA) is 105 Å². The first-order valence-electron chi connectivity index (χ1n) is 12.3. The molecule has 0 spiro atoms. The summed E-state index contributed by atoms with van der Waals surface area (Å²) in [5.74, 6) is 0.367. The summed E-state index contributed by atoms with van der Waals surface area (Å²) in [6.07, 6.45) is 2.25. The summed E-state index contributed by atoms with van der Waals surface area (Å²) in [7, 11) is 0. The van der Waals surface area contributed by atoms with E-state index in [0.29, 0.717) is 32.0 Å². The standard InChI is InChI=1S/C28H34N4O4/c1-21(2)18-25(30-28(34)29-15-14-22-10-12-26(13-11-22)32(35)36)20-31(16-17-33)19-24-8-5-7-23-6-3-4-9-27(23)24/h3-13,17,21,25H,14-16,18-20H2,1-2H3,(H2,29,30,34). The lowest BCUT2D eigenvalue weighted by Crippen LogP contribution is -2.48. The number of rotatable bonds is 13. The number of aldehydes is 1. The maximum atomic E-state index is 12.6. The van der Waals surface area contributed by atoms with E-state index in [-0.39, 0.29) is 24.3 Å². The lowest BCUT2D eigenvalue weighted by molar-refractivity contribution is -0.384. The number of hydrogen-bond acceptors (Lipinski definition) is 5. The van der Waals surface area contributed by atoms with Gasteiger partial charge in [-0.2, -0.15) is 0 Å². The van der Waals surface area contributed by atoms with Crippen molar-refractivity contribution in [3.63, 3.8) is 0 Å². The number of nitrogens with zero attached hydrogens (tertiary/aromatic N) is 2. The zero-order valence-electron chi connectivity index (χ0n) is 20.9. The monoisotopic (exact) mass is 490 g/mol. The fourth-order valence-corrected chi connectivity index (χ4v) is 4.38. The summed E-state index contributed by atoms with van der Waals surface area (Å²) in [5, 5.41) is 19.1. The summed E-state index contributed by atoms with van der Waals surface area (Å²) in [5.41, 5.74) is 2.10. The maximum Gasteiger partial charge on any atom is 0.315 e. The summed E-state index contributed by atoms with van der Waals surface area (Å²) in [6.45, 7) is 6.06. The number of nitrogens with one attached hydrogen (secondary N) is 2. The number of benzene rings is 3. The Kier molecular flexibility index (Phi) is 9.94. The molecule has 0 aliphatic carbocycles. The molecule has 190 valence electrons. The SMILES string of the molecule is CC(C)CC(CN(CC=O)Cc1cccc2ccccc12)NC(=O)NCCc1ccc([N+](=O)[O-])cc1. The van der Waals surface area contributed by atoms with Crippen molar-refractivity contribution >= 4 is 28.8 Å². The van der Waals surface area contributed by atoms with Gasteiger partial charge in [0.25, 0.3) is 5.69 Å². The normalized spacial score (nSPS) is 12.0. The Balaban J connectivity index is 1.59. The highest BCUT2D eigenvalue weighted by Gasteiger charge is 2.19. The number of nitro groups is 1. The molecule has 3 rings (SSSR count). The fraction of sp³-hybridized carbons (Fsp3) is 0.357. The van der Waals surface area contributed by atoms with E-state index in [1.165, 1.54) is 12.1 Å². The first kappa shape index (κ1) is 26.8. The Labute approximate surface area is 211 Å². The van der Waals surface area contributed by atoms with Gasteiger partial charge in [0.2, 0.25) is 0 Å². The summed E-state index contributed by atoms with van der Waals surface area (Å²) >= 11 is 0. The van der Waals surface area contributed by atoms with Gasteiger partial charge in [0.15, 0.2) is 0 Å². The van der Waals surface area contributed by atoms with Crippen LogP contribution < -0.4 is 10.6 Å². The van der Waals surface area contributed by atoms with E-state index >= 15 is 0 Å². The number of urea groups is 1. The van der Waals surface area contributed by atoms with Crippen molar-refractivity contribution in [2.45, 2.75) is 39.3 Å². The molecule has 0 radical (unpaired) electrons. The fourth-order valence-electron chi connectivity index (χ4n) is 4.38. The van der Waals surface area contributed by atoms with Gasteiger partial charge in [-0.15, -0.1) is 0 Å². The van der Waals surface area contributed by atoms with Crippen LogP contribution in [0.3, 0.4) is 0 Å². The van der Waals surface area contributed by atoms with Crippen LogP contribution in [-0.2, 0) is 17.8 Å². The summed E-state index contributed by atoms with van der Waals surface area (Å²) in [4.78, 5) is 36.5. The molecule has 0 aromatic heterocycles. The molecule has 2 amide bonds. The number of nitro benzene ring substituents is 1. The lowest BCUT2D eigenvalue weighted by atomic mass is 10.0. The quantitative estimate of drug-likeness (QED) is 0.205. The van der Waals surface area contributed by atoms with Gasteiger partial charge in [0.1, 0.15) is 6.29 Å². The minimum absolute atomic E-state index is 0.0457. The molecule has 0 saturated carbocycles. The van der Waals surface area contributed by atoms with Crippen molar-refractivity contribution in [1.29, 1.82) is 0 Å². The Morgan fingerprint density at radius 1 is 1.06 bits per heavy atom. The van der Waals surface area contributed by atoms with Crippen molar-refractivity contribution in [3.05, 3.63) is 88.0 Å². The van der Waals surface area contributed by atoms with Crippen molar-refractivity contribution < 1.29 is 14.5 Å². The van der Waals surface area contributed by atoms with E-state index in [0.717, 1.165) is 34.6 Å². The highest BCUT2D eigenvalue weighted by Crippen LogP contribution is 2.20. The second kappa shape index (κ2) is 13.3. The van der Waals surface area contributed by atoms with Gasteiger partial charge in [-0.1, -0.05) is 68.4 Å². The van der Waals surface area contributed by atoms with Crippen molar-refractivity contribution in [3.8, 4) is 0 Å². The smallest absolute Gasteiger partial charge is 0.315 e. The summed E-state index contributed by atoms with van der Waals surface area (Å²) in [6, 6.07) is 20.3. The molecule has 8 nitrogen and oxygen atoms in total. The first-order chi connectivity index (χ1) is 17.4. The number of amides is 2. The Morgan fingerprint density at radius 2 is 1.78 bits per heavy atom. The van der Waals surface area contributed by atoms with Crippen molar-refractivity contribution in [2.75, 3.05) is 19.6 Å². The molecule has 0 aliphatic rings. The molecule has 36 heavy (non-hydrogen) atoms. The predicted octanol–water partition coefficient (Wildman–Crippen LogP) is 4.71. The predicted molar refractivity (Wildman–Crippen MR) is 142 cm³/mol. The van der Waals surface area contributed by atoms with Crippen LogP contribution in [0.15, 0.2) is 66.7 Å². The van der Waals surface area contributed by atoms with Gasteiger partial charge in [-0.3, -0.25) is 15.0 Å². The molecule has 0 fully saturated rings. The third-order valence-electron chi connectivity index (χ3n) is 6.02. The highest BCUT2D eigenvalue weighted by molar-refractivity contribution is 5.85. The van der Waals surface area contributed by atoms with Crippen LogP contribution in [0.4, 0.5) is 10.5 Å². The third kappa shape index (κ3) is 8.16. The molecule has 2 N–H and O–H groups in total. The van der Waals surface area contributed by atoms with Gasteiger partial charge in [0.05, 0.1) is 11.5 Å². The lowest BCUT2D eigenvalue weighted by Gasteiger charge is -2.28. The average Bonchev–Trinajstić information content (AvgIpc) is 2.84. The molecular formula is C28H34N4O4. The Bertz CT molecular complexity index is 1160. The van der Waals surface area contributed by atoms with Crippen LogP contribution in [0.2, 0.25) is 0 Å². The second-order valence-corrected chi connectivity index (χ2v) is 9.40. The molecule has 0 bridgehead atoms. The zero-order valence-corrected chi connectivity index (χ0v) is 20.9. The van der Waals surface area contributed by atoms with Gasteiger partial charge in [0, 0.05) is 37.8 Å². The second-order valence-electron chi connectivity index (χ2n) is 9.40. The number of carbonyl (C=O) groups is 2. The van der Waals surface area contributed by atoms with Crippen LogP contribution in [0.5, 0.6) is 0 Å². The van der Waals surface area contributed by atoms with E-state index in [9.17, 15) is 19.7 Å². The number of fused-ring (bicyclic) bond motifs is 1. The molecule has 0 aliphatic heterocycles. The van der Waals surface area contributed by atoms with Gasteiger partial charge in [-0.25, -0.2) is 4.79 Å². The maximum absolute atomic E-state index is 12.6. The minimum Gasteiger partial charge on any atom is -0.338 e. The van der Waals surface area contributed by atoms with Crippen LogP contribution in [-0.4, -0.2) is 47.8 Å². The van der Waals surface area contributed by atoms with Crippen LogP contribution >= 0.6 is 0 Å². The molecule has 3 aromatic rings. The first-order valence-corrected chi connectivity index (χ1v) is 12.3. The minimum atomic E-state index is -0.432. The van der Waals surface area contributed by atoms with Gasteiger partial charge < -0.3 is 15.4 Å². The Hall–Kier alpha value is -3.78. The number of hydrogen-bond donors (Lipinski definition) is 2. The van der Waals surface area contributed by atoms with Gasteiger partial charge >= 0.3 is 6.03 Å². The number of carbonyl (C=O) groups excluding carboxylic acids is 2. The highest BCUT2D eigenvalue weighted by atomic mass is 16.6.